The Morgan fingerprint density at radius 3 is 1.96 bits per heavy atom. The second-order valence-electron chi connectivity index (χ2n) is 8.03. The number of hydrogen-bond donors (Lipinski definition) is 2. The van der Waals surface area contributed by atoms with Crippen molar-refractivity contribution in [3.8, 4) is 5.75 Å². The van der Waals surface area contributed by atoms with Crippen LogP contribution in [0.4, 0.5) is 15.3 Å². The van der Waals surface area contributed by atoms with E-state index in [1.54, 1.807) is 59.7 Å². The standard InChI is InChI=1S/C19H29N3O5S/c1-18(2,3)26-16(23)22(17(24)27-19(4,5)6)11-12-9-8-10-13(14(12)25-7)21-15(20)28/h8-10H,11H2,1-7H3,(H3,20,21,28). The van der Waals surface area contributed by atoms with E-state index in [9.17, 15) is 9.59 Å². The summed E-state index contributed by atoms with van der Waals surface area (Å²) < 4.78 is 16.2. The molecule has 2 amide bonds. The Balaban J connectivity index is 3.27. The van der Waals surface area contributed by atoms with Crippen molar-refractivity contribution in [1.82, 2.24) is 4.90 Å². The Morgan fingerprint density at radius 1 is 1.07 bits per heavy atom. The lowest BCUT2D eigenvalue weighted by molar-refractivity contribution is -0.000329. The van der Waals surface area contributed by atoms with Gasteiger partial charge in [-0.05, 0) is 59.8 Å². The molecule has 1 aromatic rings. The first kappa shape index (κ1) is 23.5. The number of nitrogens with zero attached hydrogens (tertiary/aromatic N) is 1. The Morgan fingerprint density at radius 2 is 1.57 bits per heavy atom. The maximum Gasteiger partial charge on any atom is 0.420 e. The summed E-state index contributed by atoms with van der Waals surface area (Å²) in [6, 6.07) is 5.15. The van der Waals surface area contributed by atoms with Gasteiger partial charge in [-0.3, -0.25) is 0 Å². The molecular formula is C19H29N3O5S. The van der Waals surface area contributed by atoms with Gasteiger partial charge in [0, 0.05) is 5.56 Å². The predicted octanol–water partition coefficient (Wildman–Crippen LogP) is 4.02. The first-order valence-electron chi connectivity index (χ1n) is 8.69. The van der Waals surface area contributed by atoms with E-state index in [2.05, 4.69) is 5.32 Å². The first-order chi connectivity index (χ1) is 12.7. The van der Waals surface area contributed by atoms with Gasteiger partial charge in [-0.25, -0.2) is 14.5 Å². The third-order valence-corrected chi connectivity index (χ3v) is 3.22. The first-order valence-corrected chi connectivity index (χ1v) is 9.10. The zero-order valence-corrected chi connectivity index (χ0v) is 18.2. The van der Waals surface area contributed by atoms with Crippen LogP contribution in [0.5, 0.6) is 5.75 Å². The molecule has 0 aliphatic rings. The molecule has 0 saturated carbocycles. The van der Waals surface area contributed by atoms with Crippen molar-refractivity contribution in [1.29, 1.82) is 0 Å². The van der Waals surface area contributed by atoms with Gasteiger partial charge >= 0.3 is 12.2 Å². The summed E-state index contributed by atoms with van der Waals surface area (Å²) in [7, 11) is 1.47. The Bertz CT molecular complexity index is 710. The van der Waals surface area contributed by atoms with Crippen LogP contribution in [0.2, 0.25) is 0 Å². The zero-order valence-electron chi connectivity index (χ0n) is 17.4. The van der Waals surface area contributed by atoms with Crippen LogP contribution in [0.15, 0.2) is 18.2 Å². The van der Waals surface area contributed by atoms with E-state index in [1.165, 1.54) is 7.11 Å². The van der Waals surface area contributed by atoms with E-state index in [1.807, 2.05) is 0 Å². The van der Waals surface area contributed by atoms with Crippen LogP contribution < -0.4 is 15.8 Å². The highest BCUT2D eigenvalue weighted by Crippen LogP contribution is 2.30. The molecule has 0 radical (unpaired) electrons. The van der Waals surface area contributed by atoms with Gasteiger partial charge in [0.2, 0.25) is 0 Å². The lowest BCUT2D eigenvalue weighted by Crippen LogP contribution is -2.43. The van der Waals surface area contributed by atoms with Crippen LogP contribution in [0.3, 0.4) is 0 Å². The minimum Gasteiger partial charge on any atom is -0.494 e. The van der Waals surface area contributed by atoms with Crippen LogP contribution in [-0.2, 0) is 16.0 Å². The maximum absolute atomic E-state index is 12.7. The number of anilines is 1. The Kier molecular flexibility index (Phi) is 7.63. The third-order valence-electron chi connectivity index (χ3n) is 3.11. The quantitative estimate of drug-likeness (QED) is 0.716. The van der Waals surface area contributed by atoms with E-state index in [0.29, 0.717) is 17.0 Å². The van der Waals surface area contributed by atoms with Gasteiger partial charge in [0.1, 0.15) is 17.0 Å². The molecule has 1 aromatic carbocycles. The van der Waals surface area contributed by atoms with E-state index in [4.69, 9.17) is 32.2 Å². The molecule has 0 aliphatic carbocycles. The highest BCUT2D eigenvalue weighted by atomic mass is 32.1. The monoisotopic (exact) mass is 411 g/mol. The molecule has 0 atom stereocenters. The van der Waals surface area contributed by atoms with Crippen LogP contribution >= 0.6 is 12.2 Å². The van der Waals surface area contributed by atoms with Crippen LogP contribution in [0, 0.1) is 0 Å². The number of methoxy groups -OCH3 is 1. The van der Waals surface area contributed by atoms with Crippen molar-refractivity contribution in [2.24, 2.45) is 5.73 Å². The largest absolute Gasteiger partial charge is 0.494 e. The molecule has 0 saturated heterocycles. The molecule has 0 spiro atoms. The molecule has 0 unspecified atom stereocenters. The average molecular weight is 412 g/mol. The summed E-state index contributed by atoms with van der Waals surface area (Å²) in [5.41, 5.74) is 5.04. The van der Waals surface area contributed by atoms with Crippen LogP contribution in [0.1, 0.15) is 47.1 Å². The summed E-state index contributed by atoms with van der Waals surface area (Å²) in [6.07, 6.45) is -1.65. The number of carbonyl (C=O) groups is 2. The molecule has 1 rings (SSSR count). The summed E-state index contributed by atoms with van der Waals surface area (Å²) in [5, 5.41) is 2.87. The van der Waals surface area contributed by atoms with Crippen molar-refractivity contribution in [3.63, 3.8) is 0 Å². The summed E-state index contributed by atoms with van der Waals surface area (Å²) >= 11 is 4.87. The van der Waals surface area contributed by atoms with Gasteiger partial charge < -0.3 is 25.3 Å². The number of ether oxygens (including phenoxy) is 3. The van der Waals surface area contributed by atoms with Gasteiger partial charge in [0.15, 0.2) is 5.11 Å². The lowest BCUT2D eigenvalue weighted by Gasteiger charge is -2.29. The second kappa shape index (κ2) is 9.09. The smallest absolute Gasteiger partial charge is 0.420 e. The van der Waals surface area contributed by atoms with Crippen molar-refractivity contribution in [3.05, 3.63) is 23.8 Å². The second-order valence-corrected chi connectivity index (χ2v) is 8.47. The number of para-hydroxylation sites is 1. The minimum absolute atomic E-state index is 0.0617. The fourth-order valence-corrected chi connectivity index (χ4v) is 2.30. The SMILES string of the molecule is COc1c(CN(C(=O)OC(C)(C)C)C(=O)OC(C)(C)C)cccc1NC(N)=S. The lowest BCUT2D eigenvalue weighted by atomic mass is 10.1. The molecule has 0 aromatic heterocycles. The van der Waals surface area contributed by atoms with Crippen molar-refractivity contribution >= 4 is 35.2 Å². The van der Waals surface area contributed by atoms with Gasteiger partial charge in [-0.15, -0.1) is 0 Å². The number of hydrogen-bond acceptors (Lipinski definition) is 6. The predicted molar refractivity (Wildman–Crippen MR) is 111 cm³/mol. The number of rotatable bonds is 4. The molecule has 0 bridgehead atoms. The van der Waals surface area contributed by atoms with E-state index >= 15 is 0 Å². The van der Waals surface area contributed by atoms with Gasteiger partial charge in [0.25, 0.3) is 0 Å². The number of carbonyl (C=O) groups excluding carboxylic acids is 2. The Labute approximate surface area is 171 Å². The molecule has 0 heterocycles. The van der Waals surface area contributed by atoms with Gasteiger partial charge in [-0.2, -0.15) is 0 Å². The topological polar surface area (TPSA) is 103 Å². The molecule has 0 fully saturated rings. The Hall–Kier alpha value is -2.55. The minimum atomic E-state index is -0.823. The normalized spacial score (nSPS) is 11.4. The average Bonchev–Trinajstić information content (AvgIpc) is 2.48. The summed E-state index contributed by atoms with van der Waals surface area (Å²) in [6.45, 7) is 10.2. The maximum atomic E-state index is 12.7. The summed E-state index contributed by atoms with van der Waals surface area (Å²) in [4.78, 5) is 26.2. The molecule has 9 heteroatoms. The molecule has 8 nitrogen and oxygen atoms in total. The molecule has 28 heavy (non-hydrogen) atoms. The van der Waals surface area contributed by atoms with Gasteiger partial charge in [-0.1, -0.05) is 12.1 Å². The zero-order chi connectivity index (χ0) is 21.7. The molecule has 0 aliphatic heterocycles. The van der Waals surface area contributed by atoms with Crippen molar-refractivity contribution in [2.45, 2.75) is 59.3 Å². The number of benzene rings is 1. The fraction of sp³-hybridized carbons (Fsp3) is 0.526. The molecule has 3 N–H and O–H groups in total. The summed E-state index contributed by atoms with van der Waals surface area (Å²) in [5.74, 6) is 0.396. The number of thiocarbonyl (C=S) groups is 1. The van der Waals surface area contributed by atoms with Crippen LogP contribution in [-0.4, -0.2) is 40.5 Å². The number of amides is 2. The highest BCUT2D eigenvalue weighted by molar-refractivity contribution is 7.80. The number of nitrogens with two attached hydrogens (primary N) is 1. The van der Waals surface area contributed by atoms with E-state index in [0.717, 1.165) is 4.90 Å². The molecule has 156 valence electrons. The van der Waals surface area contributed by atoms with E-state index < -0.39 is 23.4 Å². The van der Waals surface area contributed by atoms with E-state index in [-0.39, 0.29) is 11.7 Å². The fourth-order valence-electron chi connectivity index (χ4n) is 2.19. The van der Waals surface area contributed by atoms with Crippen molar-refractivity contribution in [2.75, 3.05) is 12.4 Å². The van der Waals surface area contributed by atoms with Crippen molar-refractivity contribution < 1.29 is 23.8 Å². The van der Waals surface area contributed by atoms with Crippen LogP contribution in [0.25, 0.3) is 0 Å². The molecular weight excluding hydrogens is 382 g/mol. The van der Waals surface area contributed by atoms with Gasteiger partial charge in [0.05, 0.1) is 19.3 Å². The highest BCUT2D eigenvalue weighted by Gasteiger charge is 2.32. The number of imide groups is 1. The third kappa shape index (κ3) is 7.59. The number of nitrogens with one attached hydrogen (secondary N) is 1.